The SMILES string of the molecule is COc1cn(Cc2ccccc2)c(NC2=C(F)C=CCC2)nc1=O. The second-order valence-electron chi connectivity index (χ2n) is 5.44. The van der Waals surface area contributed by atoms with Crippen LogP contribution in [-0.4, -0.2) is 16.7 Å². The molecule has 0 bridgehead atoms. The molecule has 2 aromatic rings. The molecule has 1 aromatic heterocycles. The Morgan fingerprint density at radius 2 is 2.12 bits per heavy atom. The van der Waals surface area contributed by atoms with Crippen LogP contribution >= 0.6 is 0 Å². The summed E-state index contributed by atoms with van der Waals surface area (Å²) in [6.45, 7) is 0.484. The summed E-state index contributed by atoms with van der Waals surface area (Å²) in [5.41, 5.74) is 0.971. The van der Waals surface area contributed by atoms with Crippen molar-refractivity contribution in [1.29, 1.82) is 0 Å². The van der Waals surface area contributed by atoms with Gasteiger partial charge < -0.3 is 14.6 Å². The van der Waals surface area contributed by atoms with Gasteiger partial charge in [-0.1, -0.05) is 36.4 Å². The maximum atomic E-state index is 13.9. The number of nitrogens with one attached hydrogen (secondary N) is 1. The van der Waals surface area contributed by atoms with Crippen molar-refractivity contribution < 1.29 is 9.13 Å². The molecule has 124 valence electrons. The molecule has 0 aliphatic heterocycles. The van der Waals surface area contributed by atoms with E-state index < -0.39 is 5.56 Å². The normalized spacial score (nSPS) is 13.9. The molecule has 0 saturated heterocycles. The lowest BCUT2D eigenvalue weighted by molar-refractivity contribution is 0.402. The molecule has 0 spiro atoms. The number of hydrogen-bond donors (Lipinski definition) is 1. The molecule has 1 aromatic carbocycles. The van der Waals surface area contributed by atoms with Crippen LogP contribution in [0, 0.1) is 0 Å². The first-order chi connectivity index (χ1) is 11.7. The maximum absolute atomic E-state index is 13.9. The average Bonchev–Trinajstić information content (AvgIpc) is 2.60. The molecule has 1 N–H and O–H groups in total. The first kappa shape index (κ1) is 16.0. The first-order valence-electron chi connectivity index (χ1n) is 7.69. The van der Waals surface area contributed by atoms with E-state index in [9.17, 15) is 9.18 Å². The smallest absolute Gasteiger partial charge is 0.316 e. The van der Waals surface area contributed by atoms with Gasteiger partial charge in [-0.25, -0.2) is 4.39 Å². The lowest BCUT2D eigenvalue weighted by Crippen LogP contribution is -2.20. The summed E-state index contributed by atoms with van der Waals surface area (Å²) in [5, 5.41) is 2.96. The molecule has 0 atom stereocenters. The fraction of sp³-hybridized carbons (Fsp3) is 0.222. The number of benzene rings is 1. The summed E-state index contributed by atoms with van der Waals surface area (Å²) < 4.78 is 20.7. The zero-order valence-corrected chi connectivity index (χ0v) is 13.3. The van der Waals surface area contributed by atoms with Gasteiger partial charge in [0.25, 0.3) is 0 Å². The van der Waals surface area contributed by atoms with E-state index in [2.05, 4.69) is 10.3 Å². The van der Waals surface area contributed by atoms with Crippen LogP contribution < -0.4 is 15.6 Å². The van der Waals surface area contributed by atoms with Gasteiger partial charge in [0.15, 0.2) is 0 Å². The van der Waals surface area contributed by atoms with Crippen molar-refractivity contribution in [3.8, 4) is 5.75 Å². The first-order valence-corrected chi connectivity index (χ1v) is 7.69. The molecule has 1 heterocycles. The fourth-order valence-electron chi connectivity index (χ4n) is 2.51. The van der Waals surface area contributed by atoms with Gasteiger partial charge in [0.2, 0.25) is 11.7 Å². The molecule has 6 heteroatoms. The minimum atomic E-state index is -0.489. The number of aromatic nitrogens is 2. The van der Waals surface area contributed by atoms with Crippen LogP contribution in [0.5, 0.6) is 5.75 Å². The predicted molar refractivity (Wildman–Crippen MR) is 90.7 cm³/mol. The Balaban J connectivity index is 1.99. The average molecular weight is 327 g/mol. The number of allylic oxidation sites excluding steroid dienone is 4. The zero-order chi connectivity index (χ0) is 16.9. The van der Waals surface area contributed by atoms with Crippen LogP contribution in [0.15, 0.2) is 65.0 Å². The van der Waals surface area contributed by atoms with Crippen LogP contribution in [0.4, 0.5) is 10.3 Å². The predicted octanol–water partition coefficient (Wildman–Crippen LogP) is 3.24. The monoisotopic (exact) mass is 327 g/mol. The second kappa shape index (κ2) is 7.12. The van der Waals surface area contributed by atoms with E-state index in [1.165, 1.54) is 13.2 Å². The van der Waals surface area contributed by atoms with Crippen molar-refractivity contribution in [2.75, 3.05) is 12.4 Å². The van der Waals surface area contributed by atoms with Gasteiger partial charge in [-0.2, -0.15) is 4.98 Å². The van der Waals surface area contributed by atoms with Crippen molar-refractivity contribution in [3.63, 3.8) is 0 Å². The van der Waals surface area contributed by atoms with Gasteiger partial charge in [-0.05, 0) is 24.5 Å². The number of methoxy groups -OCH3 is 1. The van der Waals surface area contributed by atoms with E-state index in [1.807, 2.05) is 30.3 Å². The Bertz CT molecular complexity index is 841. The number of ether oxygens (including phenoxy) is 1. The van der Waals surface area contributed by atoms with Gasteiger partial charge in [0.1, 0.15) is 5.83 Å². The van der Waals surface area contributed by atoms with E-state index in [0.29, 0.717) is 24.6 Å². The quantitative estimate of drug-likeness (QED) is 0.916. The lowest BCUT2D eigenvalue weighted by Gasteiger charge is -2.18. The second-order valence-corrected chi connectivity index (χ2v) is 5.44. The molecule has 0 saturated carbocycles. The Morgan fingerprint density at radius 3 is 2.83 bits per heavy atom. The zero-order valence-electron chi connectivity index (χ0n) is 13.3. The number of halogens is 1. The summed E-state index contributed by atoms with van der Waals surface area (Å²) >= 11 is 0. The molecule has 5 nitrogen and oxygen atoms in total. The molecule has 0 fully saturated rings. The van der Waals surface area contributed by atoms with Gasteiger partial charge >= 0.3 is 5.56 Å². The van der Waals surface area contributed by atoms with Crippen LogP contribution in [-0.2, 0) is 6.54 Å². The largest absolute Gasteiger partial charge is 0.490 e. The van der Waals surface area contributed by atoms with Gasteiger partial charge in [0.05, 0.1) is 25.5 Å². The Morgan fingerprint density at radius 1 is 1.33 bits per heavy atom. The standard InChI is InChI=1S/C18H18FN3O2/c1-24-16-12-22(11-13-7-3-2-4-8-13)18(21-17(16)23)20-15-10-6-5-9-14(15)19/h2-5,7-9,12H,6,10-11H2,1H3,(H,20,21,23). The van der Waals surface area contributed by atoms with Crippen molar-refractivity contribution >= 4 is 5.95 Å². The topological polar surface area (TPSA) is 56.1 Å². The van der Waals surface area contributed by atoms with E-state index >= 15 is 0 Å². The molecule has 0 radical (unpaired) electrons. The molecule has 24 heavy (non-hydrogen) atoms. The summed E-state index contributed by atoms with van der Waals surface area (Å²) in [5.74, 6) is 0.108. The highest BCUT2D eigenvalue weighted by molar-refractivity contribution is 5.42. The number of rotatable bonds is 5. The highest BCUT2D eigenvalue weighted by Gasteiger charge is 2.14. The molecule has 0 amide bonds. The molecular formula is C18H18FN3O2. The Kier molecular flexibility index (Phi) is 4.74. The molecule has 0 unspecified atom stereocenters. The molecule has 3 rings (SSSR count). The van der Waals surface area contributed by atoms with E-state index in [-0.39, 0.29) is 11.6 Å². The maximum Gasteiger partial charge on any atom is 0.316 e. The minimum absolute atomic E-state index is 0.148. The number of hydrogen-bond acceptors (Lipinski definition) is 4. The minimum Gasteiger partial charge on any atom is -0.490 e. The number of nitrogens with zero attached hydrogens (tertiary/aromatic N) is 2. The van der Waals surface area contributed by atoms with Crippen LogP contribution in [0.3, 0.4) is 0 Å². The van der Waals surface area contributed by atoms with E-state index in [1.54, 1.807) is 16.8 Å². The van der Waals surface area contributed by atoms with Crippen molar-refractivity contribution in [3.05, 3.63) is 76.1 Å². The van der Waals surface area contributed by atoms with Gasteiger partial charge in [0, 0.05) is 0 Å². The molecule has 1 aliphatic rings. The van der Waals surface area contributed by atoms with Gasteiger partial charge in [-0.3, -0.25) is 4.79 Å². The Hall–Kier alpha value is -2.89. The number of anilines is 1. The lowest BCUT2D eigenvalue weighted by atomic mass is 10.1. The third-order valence-electron chi connectivity index (χ3n) is 3.76. The van der Waals surface area contributed by atoms with E-state index in [4.69, 9.17) is 4.74 Å². The van der Waals surface area contributed by atoms with Crippen LogP contribution in [0.25, 0.3) is 0 Å². The third kappa shape index (κ3) is 3.53. The van der Waals surface area contributed by atoms with Crippen LogP contribution in [0.1, 0.15) is 18.4 Å². The summed E-state index contributed by atoms with van der Waals surface area (Å²) in [6, 6.07) is 9.74. The van der Waals surface area contributed by atoms with Crippen LogP contribution in [0.2, 0.25) is 0 Å². The summed E-state index contributed by atoms with van der Waals surface area (Å²) in [4.78, 5) is 16.0. The third-order valence-corrected chi connectivity index (χ3v) is 3.76. The Labute approximate surface area is 139 Å². The van der Waals surface area contributed by atoms with Crippen molar-refractivity contribution in [2.45, 2.75) is 19.4 Å². The highest BCUT2D eigenvalue weighted by atomic mass is 19.1. The van der Waals surface area contributed by atoms with Crippen molar-refractivity contribution in [1.82, 2.24) is 9.55 Å². The van der Waals surface area contributed by atoms with E-state index in [0.717, 1.165) is 12.0 Å². The fourth-order valence-corrected chi connectivity index (χ4v) is 2.51. The van der Waals surface area contributed by atoms with Crippen molar-refractivity contribution in [2.24, 2.45) is 0 Å². The molecule has 1 aliphatic carbocycles. The summed E-state index contributed by atoms with van der Waals surface area (Å²) in [7, 11) is 1.42. The highest BCUT2D eigenvalue weighted by Crippen LogP contribution is 2.22. The van der Waals surface area contributed by atoms with Gasteiger partial charge in [-0.15, -0.1) is 0 Å². The molecular weight excluding hydrogens is 309 g/mol. The summed E-state index contributed by atoms with van der Waals surface area (Å²) in [6.07, 6.45) is 6.07.